The van der Waals surface area contributed by atoms with Crippen LogP contribution in [0.4, 0.5) is 0 Å². The summed E-state index contributed by atoms with van der Waals surface area (Å²) in [7, 11) is 0. The van der Waals surface area contributed by atoms with Crippen molar-refractivity contribution in [3.8, 4) is 6.07 Å². The molecule has 1 saturated heterocycles. The van der Waals surface area contributed by atoms with Gasteiger partial charge in [-0.3, -0.25) is 9.80 Å². The van der Waals surface area contributed by atoms with E-state index in [1.165, 1.54) is 0 Å². The Hall–Kier alpha value is -0.630. The Bertz CT molecular complexity index is 194. The molecule has 86 valence electrons. The third-order valence-corrected chi connectivity index (χ3v) is 2.66. The van der Waals surface area contributed by atoms with E-state index in [4.69, 9.17) is 10.00 Å². The number of piperazine rings is 1. The van der Waals surface area contributed by atoms with Gasteiger partial charge in [0, 0.05) is 39.3 Å². The molecule has 0 saturated carbocycles. The summed E-state index contributed by atoms with van der Waals surface area (Å²) >= 11 is 0. The first-order valence-corrected chi connectivity index (χ1v) is 5.76. The van der Waals surface area contributed by atoms with E-state index in [1.807, 2.05) is 0 Å². The first-order chi connectivity index (χ1) is 7.36. The van der Waals surface area contributed by atoms with Crippen LogP contribution in [0.2, 0.25) is 0 Å². The minimum absolute atomic E-state index is 0.570. The molecule has 0 atom stereocenters. The predicted molar refractivity (Wildman–Crippen MR) is 59.6 cm³/mol. The topological polar surface area (TPSA) is 39.5 Å². The first-order valence-electron chi connectivity index (χ1n) is 5.76. The van der Waals surface area contributed by atoms with Gasteiger partial charge in [-0.15, -0.1) is 0 Å². The number of nitriles is 1. The summed E-state index contributed by atoms with van der Waals surface area (Å²) in [6.45, 7) is 9.60. The molecular formula is C11H21N3O. The van der Waals surface area contributed by atoms with E-state index in [2.05, 4.69) is 22.8 Å². The van der Waals surface area contributed by atoms with Gasteiger partial charge in [-0.05, 0) is 6.42 Å². The lowest BCUT2D eigenvalue weighted by Gasteiger charge is -2.33. The molecule has 15 heavy (non-hydrogen) atoms. The van der Waals surface area contributed by atoms with Gasteiger partial charge in [0.2, 0.25) is 0 Å². The van der Waals surface area contributed by atoms with E-state index in [0.717, 1.165) is 52.4 Å². The molecule has 1 fully saturated rings. The summed E-state index contributed by atoms with van der Waals surface area (Å²) in [5.74, 6) is 0. The number of rotatable bonds is 6. The van der Waals surface area contributed by atoms with Gasteiger partial charge in [0.05, 0.1) is 19.2 Å². The van der Waals surface area contributed by atoms with Crippen molar-refractivity contribution < 1.29 is 4.74 Å². The number of hydrogen-bond acceptors (Lipinski definition) is 4. The van der Waals surface area contributed by atoms with Crippen LogP contribution in [0.25, 0.3) is 0 Å². The van der Waals surface area contributed by atoms with Crippen LogP contribution in [0.15, 0.2) is 0 Å². The number of nitrogens with zero attached hydrogens (tertiary/aromatic N) is 3. The minimum atomic E-state index is 0.570. The van der Waals surface area contributed by atoms with Crippen LogP contribution < -0.4 is 0 Å². The highest BCUT2D eigenvalue weighted by Gasteiger charge is 2.15. The maximum atomic E-state index is 8.56. The fraction of sp³-hybridized carbons (Fsp3) is 0.909. The van der Waals surface area contributed by atoms with Crippen molar-refractivity contribution in [3.05, 3.63) is 0 Å². The molecule has 0 aromatic carbocycles. The molecule has 0 unspecified atom stereocenters. The van der Waals surface area contributed by atoms with Crippen LogP contribution in [0.3, 0.4) is 0 Å². The van der Waals surface area contributed by atoms with Crippen molar-refractivity contribution in [1.82, 2.24) is 9.80 Å². The van der Waals surface area contributed by atoms with Crippen LogP contribution in [0.1, 0.15) is 13.3 Å². The van der Waals surface area contributed by atoms with Gasteiger partial charge in [0.15, 0.2) is 0 Å². The summed E-state index contributed by atoms with van der Waals surface area (Å²) in [6, 6.07) is 2.19. The van der Waals surface area contributed by atoms with Crippen LogP contribution in [-0.2, 0) is 4.74 Å². The zero-order valence-electron chi connectivity index (χ0n) is 9.61. The summed E-state index contributed by atoms with van der Waals surface area (Å²) in [5.41, 5.74) is 0. The highest BCUT2D eigenvalue weighted by molar-refractivity contribution is 4.80. The monoisotopic (exact) mass is 211 g/mol. The molecule has 0 spiro atoms. The quantitative estimate of drug-likeness (QED) is 0.475. The normalized spacial score (nSPS) is 18.9. The maximum absolute atomic E-state index is 8.56. The lowest BCUT2D eigenvalue weighted by Crippen LogP contribution is -2.47. The Morgan fingerprint density at radius 2 is 1.80 bits per heavy atom. The highest BCUT2D eigenvalue weighted by atomic mass is 16.5. The number of ether oxygens (including phenoxy) is 1. The first kappa shape index (κ1) is 12.4. The fourth-order valence-corrected chi connectivity index (χ4v) is 1.71. The second-order valence-corrected chi connectivity index (χ2v) is 3.89. The van der Waals surface area contributed by atoms with Gasteiger partial charge in [-0.25, -0.2) is 0 Å². The van der Waals surface area contributed by atoms with Crippen molar-refractivity contribution in [1.29, 1.82) is 5.26 Å². The second-order valence-electron chi connectivity index (χ2n) is 3.89. The number of hydrogen-bond donors (Lipinski definition) is 0. The molecule has 0 radical (unpaired) electrons. The molecule has 4 nitrogen and oxygen atoms in total. The molecular weight excluding hydrogens is 190 g/mol. The van der Waals surface area contributed by atoms with E-state index in [1.54, 1.807) is 0 Å². The van der Waals surface area contributed by atoms with Crippen molar-refractivity contribution in [2.45, 2.75) is 13.3 Å². The van der Waals surface area contributed by atoms with Gasteiger partial charge >= 0.3 is 0 Å². The Morgan fingerprint density at radius 3 is 2.40 bits per heavy atom. The molecule has 4 heteroatoms. The van der Waals surface area contributed by atoms with E-state index >= 15 is 0 Å². The molecule has 0 aliphatic carbocycles. The van der Waals surface area contributed by atoms with Gasteiger partial charge in [-0.1, -0.05) is 6.92 Å². The smallest absolute Gasteiger partial charge is 0.0866 e. The van der Waals surface area contributed by atoms with Gasteiger partial charge in [0.25, 0.3) is 0 Å². The zero-order valence-corrected chi connectivity index (χ0v) is 9.61. The SMILES string of the molecule is CCCOCCN1CCN(CC#N)CC1. The average molecular weight is 211 g/mol. The van der Waals surface area contributed by atoms with E-state index in [-0.39, 0.29) is 0 Å². The summed E-state index contributed by atoms with van der Waals surface area (Å²) in [6.07, 6.45) is 1.09. The summed E-state index contributed by atoms with van der Waals surface area (Å²) in [5, 5.41) is 8.56. The molecule has 0 aromatic rings. The lowest BCUT2D eigenvalue weighted by molar-refractivity contribution is 0.0793. The fourth-order valence-electron chi connectivity index (χ4n) is 1.71. The van der Waals surface area contributed by atoms with Gasteiger partial charge in [-0.2, -0.15) is 5.26 Å². The predicted octanol–water partition coefficient (Wildman–Crippen LogP) is 0.554. The molecule has 1 rings (SSSR count). The molecule has 0 bridgehead atoms. The third-order valence-electron chi connectivity index (χ3n) is 2.66. The average Bonchev–Trinajstić information content (AvgIpc) is 2.27. The Morgan fingerprint density at radius 1 is 1.13 bits per heavy atom. The van der Waals surface area contributed by atoms with E-state index < -0.39 is 0 Å². The standard InChI is InChI=1S/C11H21N3O/c1-2-10-15-11-9-14-7-5-13(4-3-12)6-8-14/h2,4-11H2,1H3. The molecule has 1 aliphatic rings. The van der Waals surface area contributed by atoms with E-state index in [0.29, 0.717) is 6.54 Å². The molecule has 0 N–H and O–H groups in total. The molecule has 0 amide bonds. The third kappa shape index (κ3) is 5.12. The van der Waals surface area contributed by atoms with Crippen LogP contribution in [0, 0.1) is 11.3 Å². The van der Waals surface area contributed by atoms with Crippen LogP contribution in [0.5, 0.6) is 0 Å². The second kappa shape index (κ2) is 7.63. The van der Waals surface area contributed by atoms with Gasteiger partial charge in [0.1, 0.15) is 0 Å². The minimum Gasteiger partial charge on any atom is -0.380 e. The summed E-state index contributed by atoms with van der Waals surface area (Å²) in [4.78, 5) is 4.60. The van der Waals surface area contributed by atoms with Crippen molar-refractivity contribution in [2.75, 3.05) is 52.5 Å². The van der Waals surface area contributed by atoms with Gasteiger partial charge < -0.3 is 4.74 Å². The zero-order chi connectivity index (χ0) is 10.9. The van der Waals surface area contributed by atoms with E-state index in [9.17, 15) is 0 Å². The molecule has 1 heterocycles. The van der Waals surface area contributed by atoms with Crippen molar-refractivity contribution in [2.24, 2.45) is 0 Å². The largest absolute Gasteiger partial charge is 0.380 e. The van der Waals surface area contributed by atoms with Crippen LogP contribution in [-0.4, -0.2) is 62.3 Å². The van der Waals surface area contributed by atoms with Crippen LogP contribution >= 0.6 is 0 Å². The lowest BCUT2D eigenvalue weighted by atomic mass is 10.3. The Balaban J connectivity index is 2.02. The maximum Gasteiger partial charge on any atom is 0.0866 e. The summed E-state index contributed by atoms with van der Waals surface area (Å²) < 4.78 is 5.45. The molecule has 1 aliphatic heterocycles. The van der Waals surface area contributed by atoms with Crippen molar-refractivity contribution >= 4 is 0 Å². The molecule has 0 aromatic heterocycles. The van der Waals surface area contributed by atoms with Crippen molar-refractivity contribution in [3.63, 3.8) is 0 Å². The Kier molecular flexibility index (Phi) is 6.33. The Labute approximate surface area is 92.4 Å². The highest BCUT2D eigenvalue weighted by Crippen LogP contribution is 2.00.